The van der Waals surface area contributed by atoms with E-state index in [0.29, 0.717) is 42.8 Å². The van der Waals surface area contributed by atoms with E-state index in [1.165, 1.54) is 13.2 Å². The molecule has 4 rings (SSSR count). The van der Waals surface area contributed by atoms with Crippen LogP contribution in [0.25, 0.3) is 6.08 Å². The number of amides is 4. The lowest BCUT2D eigenvalue weighted by Gasteiger charge is -2.28. The van der Waals surface area contributed by atoms with Gasteiger partial charge in [-0.1, -0.05) is 54.4 Å². The molecule has 0 spiro atoms. The van der Waals surface area contributed by atoms with E-state index in [4.69, 9.17) is 32.7 Å². The maximum atomic E-state index is 13.3. The quantitative estimate of drug-likeness (QED) is 0.181. The van der Waals surface area contributed by atoms with Crippen molar-refractivity contribution < 1.29 is 23.9 Å². The first-order chi connectivity index (χ1) is 17.7. The number of carbonyl (C=O) groups excluding carboxylic acids is 3. The molecule has 1 heterocycles. The number of urea groups is 1. The smallest absolute Gasteiger partial charge is 0.335 e. The second kappa shape index (κ2) is 11.5. The molecule has 1 N–H and O–H groups in total. The van der Waals surface area contributed by atoms with Crippen LogP contribution in [0.5, 0.6) is 11.5 Å². The van der Waals surface area contributed by atoms with Crippen molar-refractivity contribution in [2.45, 2.75) is 20.0 Å². The van der Waals surface area contributed by atoms with Crippen molar-refractivity contribution >= 4 is 75.4 Å². The maximum Gasteiger partial charge on any atom is 0.335 e. The van der Waals surface area contributed by atoms with Gasteiger partial charge in [-0.2, -0.15) is 0 Å². The third-order valence-corrected chi connectivity index (χ3v) is 7.19. The third-order valence-electron chi connectivity index (χ3n) is 5.65. The lowest BCUT2D eigenvalue weighted by Crippen LogP contribution is -2.54. The van der Waals surface area contributed by atoms with Crippen LogP contribution >= 0.6 is 45.8 Å². The standard InChI is InChI=1S/C27H21Cl2IN2O5/c1-3-17-6-4-5-7-22(17)32-26(34)18(25(33)31-27(32)35)10-16-12-21(30)24(23(13-16)36-2)37-14-15-8-9-19(28)20(29)11-15/h4-13H,3,14H2,1-2H3,(H,31,33,35)/b18-10-. The summed E-state index contributed by atoms with van der Waals surface area (Å²) in [7, 11) is 1.49. The topological polar surface area (TPSA) is 84.9 Å². The average Bonchev–Trinajstić information content (AvgIpc) is 2.87. The molecular weight excluding hydrogens is 630 g/mol. The number of carbonyl (C=O) groups is 3. The molecule has 1 aliphatic heterocycles. The van der Waals surface area contributed by atoms with Gasteiger partial charge in [-0.25, -0.2) is 9.69 Å². The minimum absolute atomic E-state index is 0.173. The maximum absolute atomic E-state index is 13.3. The highest BCUT2D eigenvalue weighted by atomic mass is 127. The Hall–Kier alpha value is -3.08. The monoisotopic (exact) mass is 650 g/mol. The normalized spacial score (nSPS) is 14.7. The van der Waals surface area contributed by atoms with Gasteiger partial charge in [0, 0.05) is 0 Å². The lowest BCUT2D eigenvalue weighted by atomic mass is 10.0. The number of ether oxygens (including phenoxy) is 2. The molecule has 1 fully saturated rings. The van der Waals surface area contributed by atoms with Gasteiger partial charge in [-0.3, -0.25) is 14.9 Å². The van der Waals surface area contributed by atoms with Gasteiger partial charge in [0.15, 0.2) is 11.5 Å². The van der Waals surface area contributed by atoms with Gasteiger partial charge in [0.2, 0.25) is 0 Å². The molecule has 0 aromatic heterocycles. The van der Waals surface area contributed by atoms with E-state index in [-0.39, 0.29) is 12.2 Å². The minimum atomic E-state index is -0.786. The van der Waals surface area contributed by atoms with E-state index in [1.807, 2.05) is 25.1 Å². The molecule has 0 radical (unpaired) electrons. The second-order valence-electron chi connectivity index (χ2n) is 8.01. The summed E-state index contributed by atoms with van der Waals surface area (Å²) in [6.07, 6.45) is 2.04. The van der Waals surface area contributed by atoms with Crippen LogP contribution in [0.15, 0.2) is 60.2 Å². The highest BCUT2D eigenvalue weighted by Gasteiger charge is 2.37. The number of halogens is 3. The second-order valence-corrected chi connectivity index (χ2v) is 9.99. The summed E-state index contributed by atoms with van der Waals surface area (Å²) in [5.74, 6) is -0.575. The Morgan fingerprint density at radius 2 is 1.78 bits per heavy atom. The molecule has 3 aromatic rings. The first-order valence-corrected chi connectivity index (χ1v) is 13.0. The van der Waals surface area contributed by atoms with Crippen LogP contribution in [0.3, 0.4) is 0 Å². The average molecular weight is 651 g/mol. The van der Waals surface area contributed by atoms with Gasteiger partial charge in [0.05, 0.1) is 26.4 Å². The van der Waals surface area contributed by atoms with Crippen molar-refractivity contribution in [3.8, 4) is 11.5 Å². The zero-order valence-corrected chi connectivity index (χ0v) is 23.5. The highest BCUT2D eigenvalue weighted by Crippen LogP contribution is 2.36. The van der Waals surface area contributed by atoms with Crippen LogP contribution in [-0.4, -0.2) is 25.0 Å². The number of barbiturate groups is 1. The summed E-state index contributed by atoms with van der Waals surface area (Å²) < 4.78 is 12.2. The van der Waals surface area contributed by atoms with E-state index < -0.39 is 17.8 Å². The minimum Gasteiger partial charge on any atom is -0.493 e. The van der Waals surface area contributed by atoms with E-state index in [9.17, 15) is 14.4 Å². The van der Waals surface area contributed by atoms with Crippen molar-refractivity contribution in [1.82, 2.24) is 5.32 Å². The molecule has 3 aromatic carbocycles. The van der Waals surface area contributed by atoms with E-state index in [1.54, 1.807) is 36.4 Å². The molecular formula is C27H21Cl2IN2O5. The van der Waals surface area contributed by atoms with Crippen LogP contribution in [0.2, 0.25) is 10.0 Å². The van der Waals surface area contributed by atoms with Crippen molar-refractivity contribution in [3.05, 3.63) is 90.5 Å². The number of hydrogen-bond donors (Lipinski definition) is 1. The molecule has 0 aliphatic carbocycles. The zero-order valence-electron chi connectivity index (χ0n) is 19.8. The SMILES string of the molecule is CCc1ccccc1N1C(=O)NC(=O)/C(=C/c2cc(I)c(OCc3ccc(Cl)c(Cl)c3)c(OC)c2)C1=O. The number of hydrogen-bond acceptors (Lipinski definition) is 5. The first kappa shape index (κ1) is 27.0. The molecule has 0 unspecified atom stereocenters. The van der Waals surface area contributed by atoms with Gasteiger partial charge in [-0.05, 0) is 82.1 Å². The van der Waals surface area contributed by atoms with Gasteiger partial charge in [-0.15, -0.1) is 0 Å². The van der Waals surface area contributed by atoms with Crippen molar-refractivity contribution in [2.24, 2.45) is 0 Å². The molecule has 1 aliphatic rings. The highest BCUT2D eigenvalue weighted by molar-refractivity contribution is 14.1. The Balaban J connectivity index is 1.65. The number of nitrogens with one attached hydrogen (secondary N) is 1. The van der Waals surface area contributed by atoms with Crippen molar-refractivity contribution in [1.29, 1.82) is 0 Å². The van der Waals surface area contributed by atoms with E-state index in [2.05, 4.69) is 27.9 Å². The molecule has 0 saturated carbocycles. The molecule has 4 amide bonds. The Kier molecular flexibility index (Phi) is 8.41. The lowest BCUT2D eigenvalue weighted by molar-refractivity contribution is -0.122. The predicted molar refractivity (Wildman–Crippen MR) is 151 cm³/mol. The summed E-state index contributed by atoms with van der Waals surface area (Å²) in [6.45, 7) is 2.14. The summed E-state index contributed by atoms with van der Waals surface area (Å²) in [5.41, 5.74) is 2.41. The molecule has 0 atom stereocenters. The van der Waals surface area contributed by atoms with Gasteiger partial charge >= 0.3 is 6.03 Å². The Bertz CT molecular complexity index is 1440. The number of aryl methyl sites for hydroxylation is 1. The van der Waals surface area contributed by atoms with Gasteiger partial charge in [0.25, 0.3) is 11.8 Å². The number of anilines is 1. The van der Waals surface area contributed by atoms with Crippen molar-refractivity contribution in [2.75, 3.05) is 12.0 Å². The third kappa shape index (κ3) is 5.76. The fourth-order valence-corrected chi connectivity index (χ4v) is 4.92. The fraction of sp³-hybridized carbons (Fsp3) is 0.148. The molecule has 0 bridgehead atoms. The number of rotatable bonds is 7. The van der Waals surface area contributed by atoms with Crippen LogP contribution < -0.4 is 19.7 Å². The Morgan fingerprint density at radius 1 is 1.03 bits per heavy atom. The van der Waals surface area contributed by atoms with Crippen LogP contribution in [0.1, 0.15) is 23.6 Å². The Labute approximate surface area is 237 Å². The molecule has 37 heavy (non-hydrogen) atoms. The molecule has 190 valence electrons. The number of nitrogens with zero attached hydrogens (tertiary/aromatic N) is 1. The number of para-hydroxylation sites is 1. The predicted octanol–water partition coefficient (Wildman–Crippen LogP) is 6.41. The summed E-state index contributed by atoms with van der Waals surface area (Å²) in [4.78, 5) is 39.6. The Morgan fingerprint density at radius 3 is 2.49 bits per heavy atom. The van der Waals surface area contributed by atoms with E-state index >= 15 is 0 Å². The summed E-state index contributed by atoms with van der Waals surface area (Å²) in [5, 5.41) is 3.14. The number of imide groups is 2. The largest absolute Gasteiger partial charge is 0.493 e. The summed E-state index contributed by atoms with van der Waals surface area (Å²) >= 11 is 14.2. The molecule has 7 nitrogen and oxygen atoms in total. The van der Waals surface area contributed by atoms with Gasteiger partial charge in [0.1, 0.15) is 12.2 Å². The molecule has 1 saturated heterocycles. The molecule has 10 heteroatoms. The zero-order chi connectivity index (χ0) is 26.7. The number of methoxy groups -OCH3 is 1. The van der Waals surface area contributed by atoms with E-state index in [0.717, 1.165) is 16.0 Å². The van der Waals surface area contributed by atoms with Crippen molar-refractivity contribution in [3.63, 3.8) is 0 Å². The number of benzene rings is 3. The van der Waals surface area contributed by atoms with Crippen LogP contribution in [0.4, 0.5) is 10.5 Å². The van der Waals surface area contributed by atoms with Crippen LogP contribution in [-0.2, 0) is 22.6 Å². The summed E-state index contributed by atoms with van der Waals surface area (Å²) in [6, 6.07) is 14.9. The first-order valence-electron chi connectivity index (χ1n) is 11.2. The van der Waals surface area contributed by atoms with Gasteiger partial charge < -0.3 is 9.47 Å². The fourth-order valence-electron chi connectivity index (χ4n) is 3.82. The van der Waals surface area contributed by atoms with Crippen LogP contribution in [0, 0.1) is 3.57 Å².